The molecule has 2 aromatic rings. The average molecular weight is 551 g/mol. The zero-order valence-electron chi connectivity index (χ0n) is 23.9. The van der Waals surface area contributed by atoms with Crippen LogP contribution in [0.4, 0.5) is 5.69 Å². The van der Waals surface area contributed by atoms with Crippen molar-refractivity contribution in [1.82, 2.24) is 4.90 Å². The highest BCUT2D eigenvalue weighted by atomic mass is 16.5. The van der Waals surface area contributed by atoms with E-state index in [-0.39, 0.29) is 23.8 Å². The van der Waals surface area contributed by atoms with Crippen LogP contribution in [-0.4, -0.2) is 74.0 Å². The Kier molecular flexibility index (Phi) is 8.54. The molecule has 3 aliphatic rings. The van der Waals surface area contributed by atoms with E-state index in [1.54, 1.807) is 7.11 Å². The van der Waals surface area contributed by atoms with Crippen LogP contribution in [0.3, 0.4) is 0 Å². The summed E-state index contributed by atoms with van der Waals surface area (Å²) in [4.78, 5) is 29.2. The maximum Gasteiger partial charge on any atom is 0.303 e. The molecule has 2 aromatic carbocycles. The fraction of sp³-hybridized carbons (Fsp3) is 0.562. The Morgan fingerprint density at radius 1 is 1.05 bits per heavy atom. The van der Waals surface area contributed by atoms with E-state index in [0.717, 1.165) is 61.5 Å². The molecule has 8 heteroatoms. The molecular weight excluding hydrogens is 508 g/mol. The number of methoxy groups -OCH3 is 1. The van der Waals surface area contributed by atoms with Crippen molar-refractivity contribution in [2.45, 2.75) is 57.5 Å². The highest BCUT2D eigenvalue weighted by Crippen LogP contribution is 2.45. The van der Waals surface area contributed by atoms with Crippen molar-refractivity contribution in [2.75, 3.05) is 51.4 Å². The predicted octanol–water partition coefficient (Wildman–Crippen LogP) is 5.21. The van der Waals surface area contributed by atoms with Crippen LogP contribution in [0.15, 0.2) is 42.5 Å². The first-order valence-electron chi connectivity index (χ1n) is 14.5. The number of ether oxygens (including phenoxy) is 3. The van der Waals surface area contributed by atoms with Gasteiger partial charge in [-0.15, -0.1) is 0 Å². The number of carboxylic acid groups (broad SMARTS) is 1. The minimum atomic E-state index is -0.746. The highest BCUT2D eigenvalue weighted by molar-refractivity contribution is 6.00. The summed E-state index contributed by atoms with van der Waals surface area (Å²) in [7, 11) is 1.65. The number of amides is 1. The summed E-state index contributed by atoms with van der Waals surface area (Å²) < 4.78 is 17.5. The molecule has 1 amide bonds. The monoisotopic (exact) mass is 550 g/mol. The summed E-state index contributed by atoms with van der Waals surface area (Å²) in [5, 5.41) is 9.36. The molecule has 1 unspecified atom stereocenters. The molecule has 216 valence electrons. The van der Waals surface area contributed by atoms with Crippen LogP contribution < -0.4 is 14.4 Å². The normalized spacial score (nSPS) is 20.2. The van der Waals surface area contributed by atoms with Crippen LogP contribution in [0.1, 0.15) is 67.8 Å². The first kappa shape index (κ1) is 28.3. The number of piperidine rings is 1. The van der Waals surface area contributed by atoms with Crippen LogP contribution in [-0.2, 0) is 9.53 Å². The summed E-state index contributed by atoms with van der Waals surface area (Å²) in [5.41, 5.74) is 2.34. The summed E-state index contributed by atoms with van der Waals surface area (Å²) in [6.07, 6.45) is 4.29. The molecule has 40 heavy (non-hydrogen) atoms. The third kappa shape index (κ3) is 6.89. The summed E-state index contributed by atoms with van der Waals surface area (Å²) in [6.45, 7) is 8.02. The number of hydrogen-bond acceptors (Lipinski definition) is 6. The maximum atomic E-state index is 13.6. The fourth-order valence-corrected chi connectivity index (χ4v) is 6.07. The van der Waals surface area contributed by atoms with Crippen molar-refractivity contribution >= 4 is 17.6 Å². The lowest BCUT2D eigenvalue weighted by Gasteiger charge is -2.39. The Hall–Kier alpha value is -3.26. The van der Waals surface area contributed by atoms with E-state index >= 15 is 0 Å². The molecule has 8 nitrogen and oxygen atoms in total. The van der Waals surface area contributed by atoms with Crippen LogP contribution in [0.25, 0.3) is 0 Å². The maximum absolute atomic E-state index is 13.6. The molecule has 1 atom stereocenters. The smallest absolute Gasteiger partial charge is 0.303 e. The molecule has 3 fully saturated rings. The van der Waals surface area contributed by atoms with Gasteiger partial charge in [-0.05, 0) is 87.1 Å². The second-order valence-corrected chi connectivity index (χ2v) is 12.1. The minimum Gasteiger partial charge on any atom is -0.497 e. The lowest BCUT2D eigenvalue weighted by Crippen LogP contribution is -2.50. The predicted molar refractivity (Wildman–Crippen MR) is 154 cm³/mol. The minimum absolute atomic E-state index is 0.0340. The Morgan fingerprint density at radius 2 is 1.82 bits per heavy atom. The molecule has 0 aromatic heterocycles. The Balaban J connectivity index is 1.21. The lowest BCUT2D eigenvalue weighted by atomic mass is 9.91. The van der Waals surface area contributed by atoms with E-state index in [2.05, 4.69) is 4.90 Å². The second-order valence-electron chi connectivity index (χ2n) is 12.1. The van der Waals surface area contributed by atoms with Gasteiger partial charge in [-0.2, -0.15) is 0 Å². The number of benzene rings is 2. The van der Waals surface area contributed by atoms with E-state index < -0.39 is 5.97 Å². The summed E-state index contributed by atoms with van der Waals surface area (Å²) >= 11 is 0. The van der Waals surface area contributed by atoms with E-state index in [1.165, 1.54) is 0 Å². The fourth-order valence-electron chi connectivity index (χ4n) is 6.07. The van der Waals surface area contributed by atoms with Crippen molar-refractivity contribution in [3.05, 3.63) is 53.6 Å². The largest absolute Gasteiger partial charge is 0.497 e. The number of anilines is 1. The topological polar surface area (TPSA) is 88.5 Å². The van der Waals surface area contributed by atoms with Gasteiger partial charge in [0.2, 0.25) is 0 Å². The number of morpholine rings is 1. The van der Waals surface area contributed by atoms with Crippen LogP contribution in [0.2, 0.25) is 0 Å². The van der Waals surface area contributed by atoms with Crippen molar-refractivity contribution < 1.29 is 28.9 Å². The number of carbonyl (C=O) groups is 2. The molecule has 1 aliphatic carbocycles. The van der Waals surface area contributed by atoms with Gasteiger partial charge < -0.3 is 29.1 Å². The highest BCUT2D eigenvalue weighted by Gasteiger charge is 2.34. The average Bonchev–Trinajstić information content (AvgIpc) is 3.79. The second kappa shape index (κ2) is 12.1. The zero-order valence-corrected chi connectivity index (χ0v) is 23.9. The first-order valence-corrected chi connectivity index (χ1v) is 14.5. The Labute approximate surface area is 237 Å². The SMILES string of the molecule is COc1ccc(C(=O)N2CCOC(C)(C)C2)c(N2CCC(COc3cccc(C(CC(=O)O)C4CC4)c3)CC2)c1. The van der Waals surface area contributed by atoms with E-state index in [1.807, 2.05) is 61.2 Å². The number of hydrogen-bond donors (Lipinski definition) is 1. The van der Waals surface area contributed by atoms with Crippen LogP contribution in [0, 0.1) is 11.8 Å². The van der Waals surface area contributed by atoms with E-state index in [9.17, 15) is 14.7 Å². The summed E-state index contributed by atoms with van der Waals surface area (Å²) in [6, 6.07) is 13.7. The van der Waals surface area contributed by atoms with Crippen molar-refractivity contribution in [3.63, 3.8) is 0 Å². The number of nitrogens with zero attached hydrogens (tertiary/aromatic N) is 2. The summed E-state index contributed by atoms with van der Waals surface area (Å²) in [5.74, 6) is 1.78. The van der Waals surface area contributed by atoms with E-state index in [4.69, 9.17) is 14.2 Å². The molecule has 5 rings (SSSR count). The molecule has 1 saturated carbocycles. The van der Waals surface area contributed by atoms with Crippen molar-refractivity contribution in [3.8, 4) is 11.5 Å². The number of aliphatic carboxylic acids is 1. The van der Waals surface area contributed by atoms with Gasteiger partial charge in [-0.3, -0.25) is 9.59 Å². The van der Waals surface area contributed by atoms with Gasteiger partial charge in [0.05, 0.1) is 43.6 Å². The van der Waals surface area contributed by atoms with Crippen molar-refractivity contribution in [2.24, 2.45) is 11.8 Å². The van der Waals surface area contributed by atoms with Gasteiger partial charge in [0, 0.05) is 32.2 Å². The third-order valence-corrected chi connectivity index (χ3v) is 8.46. The molecule has 0 spiro atoms. The number of carbonyl (C=O) groups excluding carboxylic acids is 1. The molecule has 2 saturated heterocycles. The molecule has 0 bridgehead atoms. The molecule has 2 aliphatic heterocycles. The molecule has 0 radical (unpaired) electrons. The van der Waals surface area contributed by atoms with Gasteiger partial charge in [0.1, 0.15) is 11.5 Å². The lowest BCUT2D eigenvalue weighted by molar-refractivity contribution is -0.137. The van der Waals surface area contributed by atoms with Gasteiger partial charge in [-0.25, -0.2) is 0 Å². The van der Waals surface area contributed by atoms with Crippen LogP contribution in [0.5, 0.6) is 11.5 Å². The van der Waals surface area contributed by atoms with Gasteiger partial charge >= 0.3 is 5.97 Å². The first-order chi connectivity index (χ1) is 19.2. The van der Waals surface area contributed by atoms with Crippen molar-refractivity contribution in [1.29, 1.82) is 0 Å². The zero-order chi connectivity index (χ0) is 28.3. The van der Waals surface area contributed by atoms with Gasteiger partial charge in [0.25, 0.3) is 5.91 Å². The number of rotatable bonds is 10. The van der Waals surface area contributed by atoms with Crippen LogP contribution >= 0.6 is 0 Å². The number of carboxylic acids is 1. The Morgan fingerprint density at radius 3 is 2.50 bits per heavy atom. The molecular formula is C32H42N2O6. The van der Waals surface area contributed by atoms with E-state index in [0.29, 0.717) is 43.7 Å². The molecule has 2 heterocycles. The van der Waals surface area contributed by atoms with Gasteiger partial charge in [0.15, 0.2) is 0 Å². The third-order valence-electron chi connectivity index (χ3n) is 8.46. The molecule has 1 N–H and O–H groups in total. The quantitative estimate of drug-likeness (QED) is 0.434. The van der Waals surface area contributed by atoms with Gasteiger partial charge in [-0.1, -0.05) is 12.1 Å². The Bertz CT molecular complexity index is 1200. The standard InChI is InChI=1S/C32H42N2O6/c1-32(2)21-34(15-16-40-32)31(37)27-10-9-25(38-3)18-29(27)33-13-11-22(12-14-33)20-39-26-6-4-5-24(17-26)28(19-30(35)36)23-7-8-23/h4-6,9-10,17-18,22-23,28H,7-8,11-16,19-21H2,1-3H3,(H,35,36).